The lowest BCUT2D eigenvalue weighted by atomic mass is 10.0. The van der Waals surface area contributed by atoms with E-state index in [-0.39, 0.29) is 18.1 Å². The predicted molar refractivity (Wildman–Crippen MR) is 93.7 cm³/mol. The molecule has 0 aliphatic heterocycles. The fourth-order valence-electron chi connectivity index (χ4n) is 2.81. The number of alkyl halides is 3. The summed E-state index contributed by atoms with van der Waals surface area (Å²) in [6.45, 7) is 1.91. The highest BCUT2D eigenvalue weighted by molar-refractivity contribution is 5.74. The lowest BCUT2D eigenvalue weighted by Crippen LogP contribution is -2.28. The summed E-state index contributed by atoms with van der Waals surface area (Å²) in [5.41, 5.74) is 1.32. The van der Waals surface area contributed by atoms with Gasteiger partial charge in [-0.25, -0.2) is 4.98 Å². The van der Waals surface area contributed by atoms with Gasteiger partial charge in [-0.05, 0) is 36.8 Å². The first kappa shape index (κ1) is 18.1. The number of hydrogen-bond acceptors (Lipinski definition) is 3. The second-order valence-corrected chi connectivity index (χ2v) is 6.14. The number of nitrogens with zero attached hydrogens (tertiary/aromatic N) is 2. The predicted octanol–water partition coefficient (Wildman–Crippen LogP) is 3.80. The maximum atomic E-state index is 12.9. The second-order valence-electron chi connectivity index (χ2n) is 6.14. The number of fused-ring (bicyclic) bond motifs is 1. The molecule has 0 spiro atoms. The van der Waals surface area contributed by atoms with E-state index >= 15 is 0 Å². The zero-order valence-corrected chi connectivity index (χ0v) is 14.3. The minimum Gasteiger partial charge on any atom is -0.308 e. The van der Waals surface area contributed by atoms with Gasteiger partial charge in [-0.2, -0.15) is 13.2 Å². The summed E-state index contributed by atoms with van der Waals surface area (Å²) in [4.78, 5) is 16.8. The molecule has 0 amide bonds. The lowest BCUT2D eigenvalue weighted by Gasteiger charge is -2.16. The maximum Gasteiger partial charge on any atom is 0.416 e. The van der Waals surface area contributed by atoms with E-state index in [0.29, 0.717) is 16.8 Å². The normalized spacial score (nSPS) is 13.1. The van der Waals surface area contributed by atoms with Gasteiger partial charge in [-0.1, -0.05) is 24.3 Å². The third kappa shape index (κ3) is 3.62. The molecule has 0 aliphatic rings. The SMILES string of the molecule is C[C@@H](NCc1nc2ccccc2n(C)c1=O)c1cccc(C(F)(F)F)c1. The second kappa shape index (κ2) is 6.92. The van der Waals surface area contributed by atoms with Gasteiger partial charge in [0.1, 0.15) is 5.69 Å². The Kier molecular flexibility index (Phi) is 4.82. The van der Waals surface area contributed by atoms with Crippen LogP contribution in [0.1, 0.15) is 29.8 Å². The Labute approximate surface area is 148 Å². The Hall–Kier alpha value is -2.67. The van der Waals surface area contributed by atoms with E-state index in [4.69, 9.17) is 0 Å². The van der Waals surface area contributed by atoms with Crippen LogP contribution in [0.3, 0.4) is 0 Å². The Bertz CT molecular complexity index is 995. The van der Waals surface area contributed by atoms with Gasteiger partial charge in [0.05, 0.1) is 16.6 Å². The van der Waals surface area contributed by atoms with Crippen molar-refractivity contribution in [3.05, 3.63) is 75.7 Å². The van der Waals surface area contributed by atoms with Crippen molar-refractivity contribution in [3.8, 4) is 0 Å². The van der Waals surface area contributed by atoms with Crippen molar-refractivity contribution >= 4 is 11.0 Å². The van der Waals surface area contributed by atoms with Gasteiger partial charge in [-0.15, -0.1) is 0 Å². The fourth-order valence-corrected chi connectivity index (χ4v) is 2.81. The van der Waals surface area contributed by atoms with E-state index in [1.54, 1.807) is 20.0 Å². The van der Waals surface area contributed by atoms with Crippen LogP contribution in [0.25, 0.3) is 11.0 Å². The molecule has 0 unspecified atom stereocenters. The molecular weight excluding hydrogens is 343 g/mol. The van der Waals surface area contributed by atoms with Gasteiger partial charge in [0.2, 0.25) is 0 Å². The summed E-state index contributed by atoms with van der Waals surface area (Å²) in [5.74, 6) is 0. The largest absolute Gasteiger partial charge is 0.416 e. The molecule has 1 atom stereocenters. The smallest absolute Gasteiger partial charge is 0.308 e. The molecule has 7 heteroatoms. The average molecular weight is 361 g/mol. The first-order valence-corrected chi connectivity index (χ1v) is 8.12. The van der Waals surface area contributed by atoms with Crippen LogP contribution in [0.2, 0.25) is 0 Å². The molecule has 0 fully saturated rings. The van der Waals surface area contributed by atoms with Crippen molar-refractivity contribution in [1.82, 2.24) is 14.9 Å². The zero-order chi connectivity index (χ0) is 18.9. The van der Waals surface area contributed by atoms with Crippen molar-refractivity contribution in [1.29, 1.82) is 0 Å². The number of nitrogens with one attached hydrogen (secondary N) is 1. The quantitative estimate of drug-likeness (QED) is 0.769. The Morgan fingerprint density at radius 3 is 2.62 bits per heavy atom. The Morgan fingerprint density at radius 1 is 1.15 bits per heavy atom. The Morgan fingerprint density at radius 2 is 1.88 bits per heavy atom. The van der Waals surface area contributed by atoms with Crippen molar-refractivity contribution in [3.63, 3.8) is 0 Å². The van der Waals surface area contributed by atoms with Gasteiger partial charge in [0.15, 0.2) is 0 Å². The summed E-state index contributed by atoms with van der Waals surface area (Å²) in [5, 5.41) is 3.08. The molecule has 0 saturated heterocycles. The topological polar surface area (TPSA) is 46.9 Å². The molecule has 136 valence electrons. The lowest BCUT2D eigenvalue weighted by molar-refractivity contribution is -0.137. The van der Waals surface area contributed by atoms with Crippen LogP contribution < -0.4 is 10.9 Å². The van der Waals surface area contributed by atoms with E-state index in [1.165, 1.54) is 10.6 Å². The summed E-state index contributed by atoms with van der Waals surface area (Å²) >= 11 is 0. The molecule has 3 aromatic rings. The van der Waals surface area contributed by atoms with Crippen molar-refractivity contribution in [2.24, 2.45) is 7.05 Å². The van der Waals surface area contributed by atoms with Crippen LogP contribution in [-0.2, 0) is 19.8 Å². The van der Waals surface area contributed by atoms with Gasteiger partial charge in [-0.3, -0.25) is 4.79 Å². The third-order valence-corrected chi connectivity index (χ3v) is 4.34. The molecular formula is C19H18F3N3O. The molecule has 0 aliphatic carbocycles. The molecule has 0 saturated carbocycles. The number of rotatable bonds is 4. The number of benzene rings is 2. The van der Waals surface area contributed by atoms with Crippen LogP contribution >= 0.6 is 0 Å². The third-order valence-electron chi connectivity index (χ3n) is 4.34. The molecule has 1 N–H and O–H groups in total. The van der Waals surface area contributed by atoms with Gasteiger partial charge in [0, 0.05) is 19.6 Å². The Balaban J connectivity index is 1.82. The molecule has 4 nitrogen and oxygen atoms in total. The molecule has 26 heavy (non-hydrogen) atoms. The van der Waals surface area contributed by atoms with Gasteiger partial charge < -0.3 is 9.88 Å². The molecule has 1 aromatic heterocycles. The summed E-state index contributed by atoms with van der Waals surface area (Å²) in [6.07, 6.45) is -4.38. The molecule has 0 radical (unpaired) electrons. The minimum absolute atomic E-state index is 0.162. The van der Waals surface area contributed by atoms with E-state index in [0.717, 1.165) is 17.6 Å². The molecule has 1 heterocycles. The van der Waals surface area contributed by atoms with Crippen LogP contribution in [0.15, 0.2) is 53.3 Å². The number of hydrogen-bond donors (Lipinski definition) is 1. The van der Waals surface area contributed by atoms with Crippen LogP contribution in [0.5, 0.6) is 0 Å². The summed E-state index contributed by atoms with van der Waals surface area (Å²) in [6, 6.07) is 12.1. The van der Waals surface area contributed by atoms with Gasteiger partial charge >= 0.3 is 6.18 Å². The van der Waals surface area contributed by atoms with Crippen LogP contribution in [0.4, 0.5) is 13.2 Å². The molecule has 3 rings (SSSR count). The van der Waals surface area contributed by atoms with E-state index < -0.39 is 11.7 Å². The van der Waals surface area contributed by atoms with E-state index in [1.807, 2.05) is 24.3 Å². The number of aromatic nitrogens is 2. The van der Waals surface area contributed by atoms with Crippen molar-refractivity contribution in [2.45, 2.75) is 25.7 Å². The highest BCUT2D eigenvalue weighted by Crippen LogP contribution is 2.30. The van der Waals surface area contributed by atoms with Crippen molar-refractivity contribution < 1.29 is 13.2 Å². The average Bonchev–Trinajstić information content (AvgIpc) is 2.62. The van der Waals surface area contributed by atoms with E-state index in [2.05, 4.69) is 10.3 Å². The van der Waals surface area contributed by atoms with Crippen molar-refractivity contribution in [2.75, 3.05) is 0 Å². The summed E-state index contributed by atoms with van der Waals surface area (Å²) in [7, 11) is 1.67. The highest BCUT2D eigenvalue weighted by Gasteiger charge is 2.30. The zero-order valence-electron chi connectivity index (χ0n) is 14.3. The minimum atomic E-state index is -4.38. The first-order chi connectivity index (χ1) is 12.3. The van der Waals surface area contributed by atoms with Crippen LogP contribution in [-0.4, -0.2) is 9.55 Å². The number of halogens is 3. The molecule has 2 aromatic carbocycles. The summed E-state index contributed by atoms with van der Waals surface area (Å²) < 4.78 is 40.1. The maximum absolute atomic E-state index is 12.9. The number of aryl methyl sites for hydroxylation is 1. The monoisotopic (exact) mass is 361 g/mol. The number of para-hydroxylation sites is 2. The standard InChI is InChI=1S/C19H18F3N3O/c1-12(13-6-5-7-14(10-13)19(20,21)22)23-11-16-18(26)25(2)17-9-4-3-8-15(17)24-16/h3-10,12,23H,11H2,1-2H3/t12-/m1/s1. The van der Waals surface area contributed by atoms with Crippen LogP contribution in [0, 0.1) is 0 Å². The first-order valence-electron chi connectivity index (χ1n) is 8.12. The van der Waals surface area contributed by atoms with E-state index in [9.17, 15) is 18.0 Å². The van der Waals surface area contributed by atoms with Gasteiger partial charge in [0.25, 0.3) is 5.56 Å². The molecule has 0 bridgehead atoms. The fraction of sp³-hybridized carbons (Fsp3) is 0.263. The highest BCUT2D eigenvalue weighted by atomic mass is 19.4.